The Morgan fingerprint density at radius 3 is 2.21 bits per heavy atom. The summed E-state index contributed by atoms with van der Waals surface area (Å²) < 4.78 is 10.5. The summed E-state index contributed by atoms with van der Waals surface area (Å²) in [5, 5.41) is 4.02. The van der Waals surface area contributed by atoms with E-state index in [9.17, 15) is 9.59 Å². The number of hydrogen-bond donors (Lipinski definition) is 1. The van der Waals surface area contributed by atoms with Crippen LogP contribution in [0.15, 0.2) is 53.6 Å². The monoisotopic (exact) mass is 452 g/mol. The lowest BCUT2D eigenvalue weighted by Gasteiger charge is -2.06. The highest BCUT2D eigenvalue weighted by atomic mass is 16.5. The zero-order valence-electron chi connectivity index (χ0n) is 19.8. The molecule has 2 aromatic rings. The molecular weight excluding hydrogens is 416 g/mol. The maximum atomic E-state index is 12.3. The van der Waals surface area contributed by atoms with Gasteiger partial charge in [-0.3, -0.25) is 4.79 Å². The van der Waals surface area contributed by atoms with Gasteiger partial charge < -0.3 is 9.47 Å². The van der Waals surface area contributed by atoms with Gasteiger partial charge in [0.15, 0.2) is 0 Å². The quantitative estimate of drug-likeness (QED) is 0.113. The number of esters is 1. The van der Waals surface area contributed by atoms with Crippen LogP contribution in [0.25, 0.3) is 0 Å². The molecule has 0 heterocycles. The number of nitrogens with one attached hydrogen (secondary N) is 1. The van der Waals surface area contributed by atoms with E-state index >= 15 is 0 Å². The van der Waals surface area contributed by atoms with Gasteiger partial charge in [0.25, 0.3) is 0 Å². The Bertz CT molecular complexity index is 878. The Balaban J connectivity index is 1.67. The number of hydrazone groups is 1. The van der Waals surface area contributed by atoms with Crippen molar-refractivity contribution in [1.29, 1.82) is 0 Å². The molecule has 0 aromatic heterocycles. The van der Waals surface area contributed by atoms with Crippen LogP contribution in [0, 0.1) is 0 Å². The van der Waals surface area contributed by atoms with Gasteiger partial charge >= 0.3 is 5.97 Å². The topological polar surface area (TPSA) is 77.0 Å². The third kappa shape index (κ3) is 10.8. The Hall–Kier alpha value is -3.15. The van der Waals surface area contributed by atoms with E-state index in [1.54, 1.807) is 55.8 Å². The van der Waals surface area contributed by atoms with Crippen LogP contribution in [0.3, 0.4) is 0 Å². The minimum absolute atomic E-state index is 0.0868. The number of carbonyl (C=O) groups excluding carboxylic acids is 2. The lowest BCUT2D eigenvalue weighted by Crippen LogP contribution is -2.16. The smallest absolute Gasteiger partial charge is 0.343 e. The van der Waals surface area contributed by atoms with Crippen molar-refractivity contribution >= 4 is 18.1 Å². The fourth-order valence-electron chi connectivity index (χ4n) is 3.38. The van der Waals surface area contributed by atoms with Gasteiger partial charge in [-0.15, -0.1) is 0 Å². The van der Waals surface area contributed by atoms with Crippen molar-refractivity contribution in [2.75, 3.05) is 7.11 Å². The van der Waals surface area contributed by atoms with E-state index in [2.05, 4.69) is 17.5 Å². The number of ether oxygens (including phenoxy) is 2. The summed E-state index contributed by atoms with van der Waals surface area (Å²) in [7, 11) is 1.57. The van der Waals surface area contributed by atoms with Gasteiger partial charge in [0.2, 0.25) is 5.91 Å². The van der Waals surface area contributed by atoms with Gasteiger partial charge in [-0.1, -0.05) is 70.4 Å². The molecule has 0 saturated carbocycles. The van der Waals surface area contributed by atoms with E-state index in [0.717, 1.165) is 18.4 Å². The van der Waals surface area contributed by atoms with Crippen LogP contribution in [-0.4, -0.2) is 25.2 Å². The molecule has 2 aromatic carbocycles. The Morgan fingerprint density at radius 2 is 1.55 bits per heavy atom. The van der Waals surface area contributed by atoms with Crippen molar-refractivity contribution in [1.82, 2.24) is 5.43 Å². The summed E-state index contributed by atoms with van der Waals surface area (Å²) in [5.74, 6) is 0.530. The Labute approximate surface area is 197 Å². The fraction of sp³-hybridized carbons (Fsp3) is 0.444. The molecule has 0 aliphatic rings. The third-order valence-electron chi connectivity index (χ3n) is 5.30. The first-order valence-electron chi connectivity index (χ1n) is 11.9. The molecule has 0 bridgehead atoms. The Kier molecular flexibility index (Phi) is 12.4. The number of nitrogens with zero attached hydrogens (tertiary/aromatic N) is 1. The van der Waals surface area contributed by atoms with Gasteiger partial charge in [-0.25, -0.2) is 10.2 Å². The average Bonchev–Trinajstić information content (AvgIpc) is 2.83. The molecule has 6 nitrogen and oxygen atoms in total. The molecule has 0 aliphatic carbocycles. The second-order valence-corrected chi connectivity index (χ2v) is 8.06. The molecule has 1 N–H and O–H groups in total. The van der Waals surface area contributed by atoms with Gasteiger partial charge in [-0.05, 0) is 48.4 Å². The molecule has 0 aliphatic heterocycles. The summed E-state index contributed by atoms with van der Waals surface area (Å²) in [5.41, 5.74) is 3.71. The Morgan fingerprint density at radius 1 is 0.879 bits per heavy atom. The number of benzene rings is 2. The third-order valence-corrected chi connectivity index (χ3v) is 5.30. The number of unbranched alkanes of at least 4 members (excludes halogenated alkanes) is 8. The first-order chi connectivity index (χ1) is 16.1. The summed E-state index contributed by atoms with van der Waals surface area (Å²) in [4.78, 5) is 24.3. The van der Waals surface area contributed by atoms with Crippen molar-refractivity contribution in [3.05, 3.63) is 59.7 Å². The molecule has 178 valence electrons. The first kappa shape index (κ1) is 26.1. The number of hydrogen-bond acceptors (Lipinski definition) is 5. The van der Waals surface area contributed by atoms with Crippen molar-refractivity contribution in [2.45, 2.75) is 71.1 Å². The van der Waals surface area contributed by atoms with Gasteiger partial charge in [0.05, 0.1) is 18.9 Å². The number of amides is 1. The van der Waals surface area contributed by atoms with Gasteiger partial charge in [0, 0.05) is 6.42 Å². The van der Waals surface area contributed by atoms with Gasteiger partial charge in [0.1, 0.15) is 11.5 Å². The molecule has 1 amide bonds. The molecule has 0 unspecified atom stereocenters. The minimum atomic E-state index is -0.457. The molecule has 33 heavy (non-hydrogen) atoms. The van der Waals surface area contributed by atoms with Crippen LogP contribution in [0.4, 0.5) is 0 Å². The van der Waals surface area contributed by atoms with E-state index < -0.39 is 5.97 Å². The SMILES string of the molecule is CCCCCCCCCCCC(=O)NN=Cc1cccc(OC(=O)c2ccc(OC)cc2)c1. The molecule has 0 spiro atoms. The highest BCUT2D eigenvalue weighted by Gasteiger charge is 2.09. The van der Waals surface area contributed by atoms with Crippen molar-refractivity contribution < 1.29 is 19.1 Å². The zero-order valence-corrected chi connectivity index (χ0v) is 19.8. The summed E-state index contributed by atoms with van der Waals surface area (Å²) in [6, 6.07) is 13.7. The van der Waals surface area contributed by atoms with E-state index in [4.69, 9.17) is 9.47 Å². The number of methoxy groups -OCH3 is 1. The largest absolute Gasteiger partial charge is 0.497 e. The van der Waals surface area contributed by atoms with E-state index in [0.29, 0.717) is 23.5 Å². The fourth-order valence-corrected chi connectivity index (χ4v) is 3.38. The lowest BCUT2D eigenvalue weighted by molar-refractivity contribution is -0.121. The molecular formula is C27H36N2O4. The maximum absolute atomic E-state index is 12.3. The first-order valence-corrected chi connectivity index (χ1v) is 11.9. The van der Waals surface area contributed by atoms with E-state index in [1.807, 2.05) is 6.07 Å². The van der Waals surface area contributed by atoms with Crippen LogP contribution in [-0.2, 0) is 4.79 Å². The molecule has 0 fully saturated rings. The van der Waals surface area contributed by atoms with Crippen molar-refractivity contribution in [3.63, 3.8) is 0 Å². The van der Waals surface area contributed by atoms with Crippen LogP contribution < -0.4 is 14.9 Å². The normalized spacial score (nSPS) is 10.8. The zero-order chi connectivity index (χ0) is 23.7. The lowest BCUT2D eigenvalue weighted by atomic mass is 10.1. The van der Waals surface area contributed by atoms with Crippen LogP contribution in [0.2, 0.25) is 0 Å². The maximum Gasteiger partial charge on any atom is 0.343 e. The highest BCUT2D eigenvalue weighted by molar-refractivity contribution is 5.91. The van der Waals surface area contributed by atoms with E-state index in [-0.39, 0.29) is 5.91 Å². The number of carbonyl (C=O) groups is 2. The predicted molar refractivity (Wildman–Crippen MR) is 132 cm³/mol. The molecule has 0 atom stereocenters. The average molecular weight is 453 g/mol. The standard InChI is InChI=1S/C27H36N2O4/c1-3-4-5-6-7-8-9-10-11-15-26(30)29-28-21-22-13-12-14-25(20-22)33-27(31)23-16-18-24(32-2)19-17-23/h12-14,16-21H,3-11,15H2,1-2H3,(H,29,30). The van der Waals surface area contributed by atoms with E-state index in [1.165, 1.54) is 44.9 Å². The van der Waals surface area contributed by atoms with Crippen molar-refractivity contribution in [2.24, 2.45) is 5.10 Å². The van der Waals surface area contributed by atoms with Gasteiger partial charge in [-0.2, -0.15) is 5.10 Å². The molecule has 6 heteroatoms. The molecule has 2 rings (SSSR count). The second kappa shape index (κ2) is 15.6. The van der Waals surface area contributed by atoms with Crippen LogP contribution in [0.5, 0.6) is 11.5 Å². The second-order valence-electron chi connectivity index (χ2n) is 8.06. The molecule has 0 saturated heterocycles. The highest BCUT2D eigenvalue weighted by Crippen LogP contribution is 2.16. The van der Waals surface area contributed by atoms with Crippen LogP contribution in [0.1, 0.15) is 87.1 Å². The number of rotatable bonds is 15. The minimum Gasteiger partial charge on any atom is -0.497 e. The van der Waals surface area contributed by atoms with Crippen molar-refractivity contribution in [3.8, 4) is 11.5 Å². The predicted octanol–water partition coefficient (Wildman–Crippen LogP) is 6.29. The summed E-state index contributed by atoms with van der Waals surface area (Å²) >= 11 is 0. The summed E-state index contributed by atoms with van der Waals surface area (Å²) in [6.45, 7) is 2.23. The molecule has 0 radical (unpaired) electrons. The van der Waals surface area contributed by atoms with Crippen LogP contribution >= 0.6 is 0 Å². The summed E-state index contributed by atoms with van der Waals surface area (Å²) in [6.07, 6.45) is 13.0.